The highest BCUT2D eigenvalue weighted by molar-refractivity contribution is 7.92. The molecule has 5 rings (SSSR count). The standard InChI is InChI=1S/C21H22N8O2S/c1-32(30,31)26-16-9-5-8-15(12-16)23-20(21-25-27-28-29(21)17-10-11-17)18-13-22-24-19(18)14-6-3-2-4-7-14/h2-9,12-13,17,20,23,26H,10-11H2,1H3,(H,22,24). The largest absolute Gasteiger partial charge is 0.371 e. The van der Waals surface area contributed by atoms with Crippen molar-refractivity contribution in [1.29, 1.82) is 0 Å². The van der Waals surface area contributed by atoms with Gasteiger partial charge >= 0.3 is 0 Å². The van der Waals surface area contributed by atoms with Crippen molar-refractivity contribution in [2.45, 2.75) is 24.9 Å². The summed E-state index contributed by atoms with van der Waals surface area (Å²) in [6, 6.07) is 16.9. The molecule has 2 heterocycles. The maximum atomic E-state index is 11.7. The van der Waals surface area contributed by atoms with E-state index in [2.05, 4.69) is 35.8 Å². The molecule has 1 saturated carbocycles. The monoisotopic (exact) mass is 450 g/mol. The lowest BCUT2D eigenvalue weighted by Crippen LogP contribution is -2.19. The Kier molecular flexibility index (Phi) is 5.10. The molecule has 10 nitrogen and oxygen atoms in total. The first-order valence-corrected chi connectivity index (χ1v) is 12.1. The molecule has 11 heteroatoms. The van der Waals surface area contributed by atoms with Gasteiger partial charge in [0.05, 0.1) is 29.9 Å². The average molecular weight is 451 g/mol. The molecule has 1 fully saturated rings. The third-order valence-corrected chi connectivity index (χ3v) is 5.79. The lowest BCUT2D eigenvalue weighted by Gasteiger charge is -2.20. The number of benzene rings is 2. The Labute approximate surface area is 185 Å². The fraction of sp³-hybridized carbons (Fsp3) is 0.238. The van der Waals surface area contributed by atoms with Crippen LogP contribution >= 0.6 is 0 Å². The van der Waals surface area contributed by atoms with Crippen LogP contribution in [-0.2, 0) is 10.0 Å². The maximum Gasteiger partial charge on any atom is 0.229 e. The summed E-state index contributed by atoms with van der Waals surface area (Å²) >= 11 is 0. The number of H-pyrrole nitrogens is 1. The van der Waals surface area contributed by atoms with Gasteiger partial charge in [-0.05, 0) is 47.0 Å². The number of tetrazole rings is 1. The number of hydrogen-bond donors (Lipinski definition) is 3. The average Bonchev–Trinajstić information content (AvgIpc) is 3.29. The Morgan fingerprint density at radius 3 is 2.62 bits per heavy atom. The van der Waals surface area contributed by atoms with Crippen molar-refractivity contribution in [3.8, 4) is 11.3 Å². The zero-order chi connectivity index (χ0) is 22.1. The second kappa shape index (κ2) is 8.08. The fourth-order valence-corrected chi connectivity index (χ4v) is 4.21. The summed E-state index contributed by atoms with van der Waals surface area (Å²) in [5.74, 6) is 0.674. The highest BCUT2D eigenvalue weighted by Crippen LogP contribution is 2.38. The second-order valence-corrected chi connectivity index (χ2v) is 9.56. The van der Waals surface area contributed by atoms with Crippen LogP contribution in [0.25, 0.3) is 11.3 Å². The Balaban J connectivity index is 1.56. The zero-order valence-corrected chi connectivity index (χ0v) is 18.1. The van der Waals surface area contributed by atoms with E-state index >= 15 is 0 Å². The van der Waals surface area contributed by atoms with Crippen molar-refractivity contribution >= 4 is 21.4 Å². The molecule has 0 amide bonds. The molecule has 1 aliphatic rings. The van der Waals surface area contributed by atoms with Gasteiger partial charge in [-0.15, -0.1) is 5.10 Å². The molecule has 3 N–H and O–H groups in total. The molecule has 1 aliphatic carbocycles. The lowest BCUT2D eigenvalue weighted by molar-refractivity contribution is 0.573. The van der Waals surface area contributed by atoms with Crippen molar-refractivity contribution < 1.29 is 8.42 Å². The van der Waals surface area contributed by atoms with E-state index in [9.17, 15) is 8.42 Å². The normalized spacial score (nSPS) is 14.8. The molecule has 0 radical (unpaired) electrons. The van der Waals surface area contributed by atoms with Gasteiger partial charge in [-0.1, -0.05) is 36.4 Å². The first-order valence-electron chi connectivity index (χ1n) is 10.2. The molecule has 32 heavy (non-hydrogen) atoms. The van der Waals surface area contributed by atoms with E-state index in [1.165, 1.54) is 0 Å². The predicted octanol–water partition coefficient (Wildman–Crippen LogP) is 2.97. The van der Waals surface area contributed by atoms with E-state index in [1.807, 2.05) is 41.1 Å². The van der Waals surface area contributed by atoms with Gasteiger partial charge in [0.25, 0.3) is 0 Å². The van der Waals surface area contributed by atoms with Crippen LogP contribution in [0.5, 0.6) is 0 Å². The van der Waals surface area contributed by atoms with E-state index in [0.29, 0.717) is 17.2 Å². The number of nitrogens with zero attached hydrogens (tertiary/aromatic N) is 5. The Bertz CT molecular complexity index is 1330. The molecule has 0 aliphatic heterocycles. The summed E-state index contributed by atoms with van der Waals surface area (Å²) in [5.41, 5.74) is 3.92. The number of anilines is 2. The summed E-state index contributed by atoms with van der Waals surface area (Å²) in [7, 11) is -3.39. The minimum atomic E-state index is -3.39. The molecular weight excluding hydrogens is 428 g/mol. The zero-order valence-electron chi connectivity index (χ0n) is 17.3. The van der Waals surface area contributed by atoms with Crippen LogP contribution in [0.1, 0.15) is 36.3 Å². The minimum absolute atomic E-state index is 0.287. The molecule has 2 aromatic heterocycles. The number of sulfonamides is 1. The van der Waals surface area contributed by atoms with E-state index in [1.54, 1.807) is 24.4 Å². The minimum Gasteiger partial charge on any atom is -0.371 e. The summed E-state index contributed by atoms with van der Waals surface area (Å²) in [6.45, 7) is 0. The van der Waals surface area contributed by atoms with Gasteiger partial charge in [-0.2, -0.15) is 5.10 Å². The van der Waals surface area contributed by atoms with Gasteiger partial charge < -0.3 is 5.32 Å². The van der Waals surface area contributed by atoms with Crippen molar-refractivity contribution in [2.75, 3.05) is 16.3 Å². The topological polar surface area (TPSA) is 130 Å². The van der Waals surface area contributed by atoms with Crippen molar-refractivity contribution in [2.24, 2.45) is 0 Å². The van der Waals surface area contributed by atoms with Crippen LogP contribution in [0.2, 0.25) is 0 Å². The number of nitrogens with one attached hydrogen (secondary N) is 3. The second-order valence-electron chi connectivity index (χ2n) is 7.81. The van der Waals surface area contributed by atoms with Gasteiger partial charge in [0.1, 0.15) is 6.04 Å². The summed E-state index contributed by atoms with van der Waals surface area (Å²) in [4.78, 5) is 0. The van der Waals surface area contributed by atoms with Crippen LogP contribution in [0.4, 0.5) is 11.4 Å². The van der Waals surface area contributed by atoms with Gasteiger partial charge in [-0.25, -0.2) is 13.1 Å². The maximum absolute atomic E-state index is 11.7. The van der Waals surface area contributed by atoms with Gasteiger partial charge in [0.2, 0.25) is 10.0 Å². The van der Waals surface area contributed by atoms with E-state index < -0.39 is 16.1 Å². The van der Waals surface area contributed by atoms with Crippen LogP contribution in [-0.4, -0.2) is 45.1 Å². The molecular formula is C21H22N8O2S. The fourth-order valence-electron chi connectivity index (χ4n) is 3.65. The molecule has 1 atom stereocenters. The third-order valence-electron chi connectivity index (χ3n) is 5.19. The van der Waals surface area contributed by atoms with Crippen molar-refractivity contribution in [3.05, 3.63) is 72.2 Å². The molecule has 0 bridgehead atoms. The lowest BCUT2D eigenvalue weighted by atomic mass is 10.0. The third kappa shape index (κ3) is 4.33. The summed E-state index contributed by atoms with van der Waals surface area (Å²) in [6.07, 6.45) is 4.97. The number of aromatic nitrogens is 6. The first kappa shape index (κ1) is 20.2. The molecule has 0 spiro atoms. The van der Waals surface area contributed by atoms with Gasteiger partial charge in [-0.3, -0.25) is 9.82 Å². The van der Waals surface area contributed by atoms with Crippen molar-refractivity contribution in [1.82, 2.24) is 30.4 Å². The molecule has 4 aromatic rings. The summed E-state index contributed by atoms with van der Waals surface area (Å²) in [5, 5.41) is 23.3. The van der Waals surface area contributed by atoms with Crippen molar-refractivity contribution in [3.63, 3.8) is 0 Å². The molecule has 164 valence electrons. The van der Waals surface area contributed by atoms with Crippen LogP contribution in [0.3, 0.4) is 0 Å². The van der Waals surface area contributed by atoms with Crippen LogP contribution < -0.4 is 10.0 Å². The number of hydrogen-bond acceptors (Lipinski definition) is 7. The Morgan fingerprint density at radius 1 is 1.09 bits per heavy atom. The van der Waals surface area contributed by atoms with Gasteiger partial charge in [0.15, 0.2) is 5.82 Å². The van der Waals surface area contributed by atoms with Crippen LogP contribution in [0.15, 0.2) is 60.8 Å². The van der Waals surface area contributed by atoms with E-state index in [-0.39, 0.29) is 6.04 Å². The smallest absolute Gasteiger partial charge is 0.229 e. The quantitative estimate of drug-likeness (QED) is 0.376. The SMILES string of the molecule is CS(=O)(=O)Nc1cccc(NC(c2cn[nH]c2-c2ccccc2)c2nnnn2C2CC2)c1. The highest BCUT2D eigenvalue weighted by Gasteiger charge is 2.33. The Morgan fingerprint density at radius 2 is 1.88 bits per heavy atom. The molecule has 2 aromatic carbocycles. The Hall–Kier alpha value is -3.73. The van der Waals surface area contributed by atoms with E-state index in [0.717, 1.165) is 35.9 Å². The molecule has 1 unspecified atom stereocenters. The first-order chi connectivity index (χ1) is 15.5. The summed E-state index contributed by atoms with van der Waals surface area (Å²) < 4.78 is 27.7. The number of aromatic amines is 1. The van der Waals surface area contributed by atoms with E-state index in [4.69, 9.17) is 0 Å². The van der Waals surface area contributed by atoms with Crippen LogP contribution in [0, 0.1) is 0 Å². The van der Waals surface area contributed by atoms with Gasteiger partial charge in [0, 0.05) is 11.3 Å². The predicted molar refractivity (Wildman–Crippen MR) is 120 cm³/mol. The highest BCUT2D eigenvalue weighted by atomic mass is 32.2. The number of rotatable bonds is 8. The molecule has 0 saturated heterocycles.